The van der Waals surface area contributed by atoms with Gasteiger partial charge in [0.25, 0.3) is 5.91 Å². The molecule has 0 aliphatic carbocycles. The predicted octanol–water partition coefficient (Wildman–Crippen LogP) is 5.84. The molecule has 2 rings (SSSR count). The standard InChI is InChI=1S/C27H31NO3/c1-5-13-23(14-6-2)20-28(26(29)24-15-9-7-10-16-24)21(3)19-22(4)31-27(30)25-17-11-8-12-18-25/h5-18,21-22H,1,19-20H2,2-4H3/b14-6-,23-13+. The van der Waals surface area contributed by atoms with Gasteiger partial charge in [0.1, 0.15) is 6.10 Å². The number of ether oxygens (including phenoxy) is 1. The van der Waals surface area contributed by atoms with E-state index in [1.54, 1.807) is 30.3 Å². The minimum atomic E-state index is -0.359. The first kappa shape index (κ1) is 23.9. The number of allylic oxidation sites excluding steroid dienone is 3. The third-order valence-corrected chi connectivity index (χ3v) is 4.87. The van der Waals surface area contributed by atoms with Crippen LogP contribution in [0.5, 0.6) is 0 Å². The molecule has 2 aromatic carbocycles. The summed E-state index contributed by atoms with van der Waals surface area (Å²) in [5, 5.41) is 0. The van der Waals surface area contributed by atoms with E-state index in [-0.39, 0.29) is 24.0 Å². The lowest BCUT2D eigenvalue weighted by molar-refractivity contribution is 0.0260. The summed E-state index contributed by atoms with van der Waals surface area (Å²) < 4.78 is 5.62. The highest BCUT2D eigenvalue weighted by Gasteiger charge is 2.25. The largest absolute Gasteiger partial charge is 0.459 e. The highest BCUT2D eigenvalue weighted by atomic mass is 16.5. The first-order chi connectivity index (χ1) is 15.0. The SMILES string of the molecule is C=C/C=C(\C=C/C)CN(C(=O)c1ccccc1)C(C)CC(C)OC(=O)c1ccccc1. The minimum absolute atomic E-state index is 0.0610. The van der Waals surface area contributed by atoms with Gasteiger partial charge in [-0.25, -0.2) is 4.79 Å². The summed E-state index contributed by atoms with van der Waals surface area (Å²) in [4.78, 5) is 27.5. The van der Waals surface area contributed by atoms with Crippen LogP contribution < -0.4 is 0 Å². The molecule has 0 spiro atoms. The number of carbonyl (C=O) groups is 2. The van der Waals surface area contributed by atoms with Crippen molar-refractivity contribution in [3.63, 3.8) is 0 Å². The van der Waals surface area contributed by atoms with Crippen LogP contribution in [-0.2, 0) is 4.74 Å². The van der Waals surface area contributed by atoms with Gasteiger partial charge < -0.3 is 9.64 Å². The maximum absolute atomic E-state index is 13.3. The van der Waals surface area contributed by atoms with Crippen molar-refractivity contribution < 1.29 is 14.3 Å². The summed E-state index contributed by atoms with van der Waals surface area (Å²) in [6, 6.07) is 18.0. The van der Waals surface area contributed by atoms with E-state index in [0.717, 1.165) is 5.57 Å². The number of hydrogen-bond donors (Lipinski definition) is 0. The lowest BCUT2D eigenvalue weighted by atomic mass is 10.1. The van der Waals surface area contributed by atoms with Crippen LogP contribution in [-0.4, -0.2) is 35.5 Å². The van der Waals surface area contributed by atoms with Crippen molar-refractivity contribution in [2.45, 2.75) is 39.3 Å². The Kier molecular flexibility index (Phi) is 9.50. The second-order valence-electron chi connectivity index (χ2n) is 7.44. The fraction of sp³-hybridized carbons (Fsp3) is 0.259. The molecule has 0 bridgehead atoms. The number of nitrogens with zero attached hydrogens (tertiary/aromatic N) is 1. The van der Waals surface area contributed by atoms with Gasteiger partial charge in [-0.05, 0) is 50.6 Å². The second-order valence-corrected chi connectivity index (χ2v) is 7.44. The molecule has 2 aromatic rings. The van der Waals surface area contributed by atoms with Crippen molar-refractivity contribution in [2.75, 3.05) is 6.54 Å². The average molecular weight is 418 g/mol. The van der Waals surface area contributed by atoms with Crippen LogP contribution in [0.25, 0.3) is 0 Å². The zero-order valence-electron chi connectivity index (χ0n) is 18.5. The third-order valence-electron chi connectivity index (χ3n) is 4.87. The van der Waals surface area contributed by atoms with E-state index in [4.69, 9.17) is 4.74 Å². The number of amides is 1. The molecule has 0 saturated carbocycles. The van der Waals surface area contributed by atoms with E-state index in [2.05, 4.69) is 6.58 Å². The predicted molar refractivity (Wildman–Crippen MR) is 126 cm³/mol. The van der Waals surface area contributed by atoms with E-state index < -0.39 is 0 Å². The minimum Gasteiger partial charge on any atom is -0.459 e. The van der Waals surface area contributed by atoms with Crippen molar-refractivity contribution in [3.05, 3.63) is 108 Å². The molecular weight excluding hydrogens is 386 g/mol. The highest BCUT2D eigenvalue weighted by Crippen LogP contribution is 2.17. The van der Waals surface area contributed by atoms with Gasteiger partial charge in [0, 0.05) is 24.6 Å². The molecule has 4 nitrogen and oxygen atoms in total. The molecule has 1 amide bonds. The average Bonchev–Trinajstić information content (AvgIpc) is 2.78. The van der Waals surface area contributed by atoms with Gasteiger partial charge in [0.15, 0.2) is 0 Å². The second kappa shape index (κ2) is 12.3. The normalized spacial score (nSPS) is 13.5. The Bertz CT molecular complexity index is 916. The van der Waals surface area contributed by atoms with Crippen LogP contribution in [0, 0.1) is 0 Å². The van der Waals surface area contributed by atoms with Gasteiger partial charge in [-0.2, -0.15) is 0 Å². The fourth-order valence-electron chi connectivity index (χ4n) is 3.38. The maximum Gasteiger partial charge on any atom is 0.338 e. The lowest BCUT2D eigenvalue weighted by Gasteiger charge is -2.31. The lowest BCUT2D eigenvalue weighted by Crippen LogP contribution is -2.41. The molecule has 2 atom stereocenters. The van der Waals surface area contributed by atoms with E-state index in [1.165, 1.54) is 0 Å². The summed E-state index contributed by atoms with van der Waals surface area (Å²) in [7, 11) is 0. The summed E-state index contributed by atoms with van der Waals surface area (Å²) >= 11 is 0. The van der Waals surface area contributed by atoms with E-state index in [0.29, 0.717) is 24.1 Å². The number of benzene rings is 2. The highest BCUT2D eigenvalue weighted by molar-refractivity contribution is 5.94. The number of esters is 1. The first-order valence-electron chi connectivity index (χ1n) is 10.5. The quantitative estimate of drug-likeness (QED) is 0.360. The molecule has 31 heavy (non-hydrogen) atoms. The Hall–Kier alpha value is -3.40. The Morgan fingerprint density at radius 3 is 2.13 bits per heavy atom. The van der Waals surface area contributed by atoms with E-state index in [9.17, 15) is 9.59 Å². The Morgan fingerprint density at radius 1 is 1.00 bits per heavy atom. The summed E-state index contributed by atoms with van der Waals surface area (Å²) in [6.45, 7) is 9.99. The molecule has 0 saturated heterocycles. The number of hydrogen-bond acceptors (Lipinski definition) is 3. The molecule has 4 heteroatoms. The zero-order valence-corrected chi connectivity index (χ0v) is 18.5. The first-order valence-corrected chi connectivity index (χ1v) is 10.5. The van der Waals surface area contributed by atoms with Crippen molar-refractivity contribution in [1.29, 1.82) is 0 Å². The summed E-state index contributed by atoms with van der Waals surface area (Å²) in [6.07, 6.45) is 7.71. The van der Waals surface area contributed by atoms with Crippen molar-refractivity contribution in [1.82, 2.24) is 4.90 Å². The Balaban J connectivity index is 2.17. The summed E-state index contributed by atoms with van der Waals surface area (Å²) in [5.74, 6) is -0.420. The molecule has 0 aliphatic rings. The van der Waals surface area contributed by atoms with Crippen LogP contribution >= 0.6 is 0 Å². The smallest absolute Gasteiger partial charge is 0.338 e. The molecule has 162 valence electrons. The Labute approximate surface area is 185 Å². The van der Waals surface area contributed by atoms with E-state index in [1.807, 2.05) is 80.3 Å². The maximum atomic E-state index is 13.3. The molecule has 0 heterocycles. The number of carbonyl (C=O) groups excluding carboxylic acids is 2. The van der Waals surface area contributed by atoms with Crippen LogP contribution in [0.1, 0.15) is 47.9 Å². The summed E-state index contributed by atoms with van der Waals surface area (Å²) in [5.41, 5.74) is 2.12. The third kappa shape index (κ3) is 7.41. The van der Waals surface area contributed by atoms with Crippen LogP contribution in [0.3, 0.4) is 0 Å². The van der Waals surface area contributed by atoms with Crippen LogP contribution in [0.2, 0.25) is 0 Å². The van der Waals surface area contributed by atoms with Crippen molar-refractivity contribution in [3.8, 4) is 0 Å². The van der Waals surface area contributed by atoms with Gasteiger partial charge in [-0.15, -0.1) is 0 Å². The topological polar surface area (TPSA) is 46.6 Å². The van der Waals surface area contributed by atoms with Gasteiger partial charge in [-0.3, -0.25) is 4.79 Å². The number of rotatable bonds is 10. The van der Waals surface area contributed by atoms with Crippen LogP contribution in [0.4, 0.5) is 0 Å². The molecule has 0 radical (unpaired) electrons. The molecular formula is C27H31NO3. The molecule has 0 aliphatic heterocycles. The van der Waals surface area contributed by atoms with Gasteiger partial charge in [0.05, 0.1) is 5.56 Å². The Morgan fingerprint density at radius 2 is 1.58 bits per heavy atom. The monoisotopic (exact) mass is 417 g/mol. The van der Waals surface area contributed by atoms with Crippen molar-refractivity contribution in [2.24, 2.45) is 0 Å². The van der Waals surface area contributed by atoms with Gasteiger partial charge in [0.2, 0.25) is 0 Å². The molecule has 0 N–H and O–H groups in total. The van der Waals surface area contributed by atoms with Crippen LogP contribution in [0.15, 0.2) is 97.1 Å². The zero-order chi connectivity index (χ0) is 22.6. The molecule has 0 fully saturated rings. The van der Waals surface area contributed by atoms with Gasteiger partial charge in [-0.1, -0.05) is 67.3 Å². The van der Waals surface area contributed by atoms with Gasteiger partial charge >= 0.3 is 5.97 Å². The molecule has 2 unspecified atom stereocenters. The fourth-order valence-corrected chi connectivity index (χ4v) is 3.38. The van der Waals surface area contributed by atoms with Crippen molar-refractivity contribution >= 4 is 11.9 Å². The van der Waals surface area contributed by atoms with E-state index >= 15 is 0 Å². The molecule has 0 aromatic heterocycles.